The van der Waals surface area contributed by atoms with Gasteiger partial charge in [-0.15, -0.1) is 35.3 Å². The first-order chi connectivity index (χ1) is 11.0. The van der Waals surface area contributed by atoms with Crippen LogP contribution in [0.3, 0.4) is 0 Å². The van der Waals surface area contributed by atoms with Crippen LogP contribution in [0.4, 0.5) is 0 Å². The van der Waals surface area contributed by atoms with E-state index in [9.17, 15) is 0 Å². The Hall–Kier alpha value is -0.410. The van der Waals surface area contributed by atoms with Crippen molar-refractivity contribution in [3.8, 4) is 0 Å². The number of nitrogens with one attached hydrogen (secondary N) is 2. The van der Waals surface area contributed by atoms with Gasteiger partial charge in [0.1, 0.15) is 0 Å². The Bertz CT molecular complexity index is 507. The van der Waals surface area contributed by atoms with Crippen molar-refractivity contribution in [1.29, 1.82) is 0 Å². The molecule has 0 aromatic carbocycles. The minimum absolute atomic E-state index is 0. The van der Waals surface area contributed by atoms with Gasteiger partial charge in [0.25, 0.3) is 0 Å². The zero-order valence-corrected chi connectivity index (χ0v) is 18.4. The highest BCUT2D eigenvalue weighted by atomic mass is 127. The van der Waals surface area contributed by atoms with Crippen molar-refractivity contribution < 1.29 is 4.74 Å². The van der Waals surface area contributed by atoms with Crippen LogP contribution in [-0.4, -0.2) is 43.3 Å². The highest BCUT2D eigenvalue weighted by Crippen LogP contribution is 2.23. The van der Waals surface area contributed by atoms with Crippen LogP contribution in [0.15, 0.2) is 10.4 Å². The Kier molecular flexibility index (Phi) is 9.51. The predicted molar refractivity (Wildman–Crippen MR) is 113 cm³/mol. The summed E-state index contributed by atoms with van der Waals surface area (Å²) in [6, 6.07) is 0. The Morgan fingerprint density at radius 2 is 2.21 bits per heavy atom. The quantitative estimate of drug-likeness (QED) is 0.384. The number of aliphatic imine (C=N–C) groups is 1. The third kappa shape index (κ3) is 7.23. The summed E-state index contributed by atoms with van der Waals surface area (Å²) in [6.07, 6.45) is 3.49. The molecule has 5 nitrogen and oxygen atoms in total. The van der Waals surface area contributed by atoms with Gasteiger partial charge in [0.05, 0.1) is 23.4 Å². The van der Waals surface area contributed by atoms with Gasteiger partial charge in [-0.2, -0.15) is 0 Å². The lowest BCUT2D eigenvalue weighted by Crippen LogP contribution is -2.39. The first-order valence-electron chi connectivity index (χ1n) is 8.57. The number of aromatic nitrogens is 1. The van der Waals surface area contributed by atoms with Crippen LogP contribution in [0.2, 0.25) is 0 Å². The minimum atomic E-state index is 0. The molecule has 1 aliphatic rings. The molecule has 1 aromatic rings. The predicted octanol–water partition coefficient (Wildman–Crippen LogP) is 3.34. The molecular weight excluding hydrogens is 435 g/mol. The summed E-state index contributed by atoms with van der Waals surface area (Å²) in [5.41, 5.74) is 1.30. The van der Waals surface area contributed by atoms with E-state index in [1.165, 1.54) is 10.7 Å². The summed E-state index contributed by atoms with van der Waals surface area (Å²) in [4.78, 5) is 9.36. The SMILES string of the molecule is CCNC(=NCC1CCCO1)NCCc1nc(C(C)(C)C)cs1.I. The topological polar surface area (TPSA) is 58.5 Å². The second-order valence-corrected chi connectivity index (χ2v) is 7.85. The van der Waals surface area contributed by atoms with E-state index >= 15 is 0 Å². The number of guanidine groups is 1. The molecule has 0 bridgehead atoms. The molecule has 1 atom stereocenters. The zero-order chi connectivity index (χ0) is 16.7. The molecule has 1 aliphatic heterocycles. The van der Waals surface area contributed by atoms with Crippen LogP contribution in [0.5, 0.6) is 0 Å². The monoisotopic (exact) mass is 466 g/mol. The van der Waals surface area contributed by atoms with Crippen LogP contribution >= 0.6 is 35.3 Å². The lowest BCUT2D eigenvalue weighted by atomic mass is 9.93. The summed E-state index contributed by atoms with van der Waals surface area (Å²) < 4.78 is 5.62. The molecule has 7 heteroatoms. The second kappa shape index (κ2) is 10.6. The van der Waals surface area contributed by atoms with E-state index in [0.717, 1.165) is 51.5 Å². The van der Waals surface area contributed by atoms with Gasteiger partial charge in [-0.1, -0.05) is 20.8 Å². The van der Waals surface area contributed by atoms with E-state index in [1.807, 2.05) is 0 Å². The Labute approximate surface area is 167 Å². The smallest absolute Gasteiger partial charge is 0.191 e. The number of hydrogen-bond acceptors (Lipinski definition) is 4. The van der Waals surface area contributed by atoms with E-state index in [4.69, 9.17) is 9.72 Å². The molecule has 138 valence electrons. The van der Waals surface area contributed by atoms with E-state index < -0.39 is 0 Å². The molecule has 0 saturated carbocycles. The van der Waals surface area contributed by atoms with Gasteiger partial charge in [-0.25, -0.2) is 4.98 Å². The van der Waals surface area contributed by atoms with Gasteiger partial charge in [-0.05, 0) is 19.8 Å². The molecular formula is C17H31IN4OS. The van der Waals surface area contributed by atoms with Crippen molar-refractivity contribution >= 4 is 41.3 Å². The largest absolute Gasteiger partial charge is 0.376 e. The standard InChI is InChI=1S/C17H30N4OS.HI/c1-5-18-16(20-11-13-7-6-10-22-13)19-9-8-15-21-14(12-23-15)17(2,3)4;/h12-13H,5-11H2,1-4H3,(H2,18,19,20);1H. The summed E-state index contributed by atoms with van der Waals surface area (Å²) >= 11 is 1.74. The fraction of sp³-hybridized carbons (Fsp3) is 0.765. The second-order valence-electron chi connectivity index (χ2n) is 6.91. The van der Waals surface area contributed by atoms with Crippen molar-refractivity contribution in [2.75, 3.05) is 26.2 Å². The first-order valence-corrected chi connectivity index (χ1v) is 9.45. The maximum atomic E-state index is 5.62. The van der Waals surface area contributed by atoms with Crippen LogP contribution in [-0.2, 0) is 16.6 Å². The van der Waals surface area contributed by atoms with Crippen molar-refractivity contribution in [1.82, 2.24) is 15.6 Å². The third-order valence-corrected chi connectivity index (χ3v) is 4.68. The molecule has 2 heterocycles. The third-order valence-electron chi connectivity index (χ3n) is 3.77. The Morgan fingerprint density at radius 1 is 1.42 bits per heavy atom. The highest BCUT2D eigenvalue weighted by molar-refractivity contribution is 14.0. The molecule has 1 saturated heterocycles. The van der Waals surface area contributed by atoms with E-state index in [2.05, 4.69) is 48.7 Å². The van der Waals surface area contributed by atoms with Crippen molar-refractivity contribution in [3.05, 3.63) is 16.1 Å². The fourth-order valence-electron chi connectivity index (χ4n) is 2.38. The van der Waals surface area contributed by atoms with Crippen molar-refractivity contribution in [2.45, 2.75) is 58.5 Å². The average Bonchev–Trinajstić information content (AvgIpc) is 3.15. The van der Waals surface area contributed by atoms with Gasteiger partial charge in [0.2, 0.25) is 0 Å². The first kappa shape index (κ1) is 21.6. The van der Waals surface area contributed by atoms with Crippen molar-refractivity contribution in [3.63, 3.8) is 0 Å². The molecule has 2 N–H and O–H groups in total. The minimum Gasteiger partial charge on any atom is -0.376 e. The Morgan fingerprint density at radius 3 is 2.79 bits per heavy atom. The van der Waals surface area contributed by atoms with Crippen LogP contribution < -0.4 is 10.6 Å². The van der Waals surface area contributed by atoms with Crippen LogP contribution in [0.25, 0.3) is 0 Å². The molecule has 1 aromatic heterocycles. The van der Waals surface area contributed by atoms with Gasteiger partial charge in [-0.3, -0.25) is 4.99 Å². The number of ether oxygens (including phenoxy) is 1. The molecule has 0 radical (unpaired) electrons. The van der Waals surface area contributed by atoms with Crippen molar-refractivity contribution in [2.24, 2.45) is 4.99 Å². The number of nitrogens with zero attached hydrogens (tertiary/aromatic N) is 2. The van der Waals surface area contributed by atoms with E-state index in [0.29, 0.717) is 6.10 Å². The number of halogens is 1. The number of hydrogen-bond donors (Lipinski definition) is 2. The molecule has 1 fully saturated rings. The van der Waals surface area contributed by atoms with Crippen LogP contribution in [0, 0.1) is 0 Å². The summed E-state index contributed by atoms with van der Waals surface area (Å²) in [7, 11) is 0. The van der Waals surface area contributed by atoms with E-state index in [1.54, 1.807) is 11.3 Å². The zero-order valence-electron chi connectivity index (χ0n) is 15.2. The maximum absolute atomic E-state index is 5.62. The molecule has 0 amide bonds. The normalized spacial score (nSPS) is 18.3. The molecule has 0 spiro atoms. The fourth-order valence-corrected chi connectivity index (χ4v) is 3.41. The van der Waals surface area contributed by atoms with Crippen LogP contribution in [0.1, 0.15) is 51.2 Å². The summed E-state index contributed by atoms with van der Waals surface area (Å²) in [6.45, 7) is 12.0. The Balaban J connectivity index is 0.00000288. The summed E-state index contributed by atoms with van der Waals surface area (Å²) in [5, 5.41) is 10.0. The molecule has 0 aliphatic carbocycles. The molecule has 24 heavy (non-hydrogen) atoms. The summed E-state index contributed by atoms with van der Waals surface area (Å²) in [5.74, 6) is 0.871. The highest BCUT2D eigenvalue weighted by Gasteiger charge is 2.17. The van der Waals surface area contributed by atoms with E-state index in [-0.39, 0.29) is 29.4 Å². The lowest BCUT2D eigenvalue weighted by Gasteiger charge is -2.14. The van der Waals surface area contributed by atoms with Gasteiger partial charge < -0.3 is 15.4 Å². The maximum Gasteiger partial charge on any atom is 0.191 e. The average molecular weight is 466 g/mol. The van der Waals surface area contributed by atoms with Gasteiger partial charge in [0, 0.05) is 36.9 Å². The lowest BCUT2D eigenvalue weighted by molar-refractivity contribution is 0.117. The molecule has 1 unspecified atom stereocenters. The molecule has 2 rings (SSSR count). The number of thiazole rings is 1. The van der Waals surface area contributed by atoms with Gasteiger partial charge in [0.15, 0.2) is 5.96 Å². The number of rotatable bonds is 6. The van der Waals surface area contributed by atoms with Gasteiger partial charge >= 0.3 is 0 Å².